The predicted molar refractivity (Wildman–Crippen MR) is 109 cm³/mol. The maximum atomic E-state index is 4.80. The van der Waals surface area contributed by atoms with Gasteiger partial charge < -0.3 is 9.88 Å². The van der Waals surface area contributed by atoms with E-state index in [1.165, 1.54) is 9.13 Å². The second-order valence-corrected chi connectivity index (χ2v) is 7.96. The lowest BCUT2D eigenvalue weighted by Crippen LogP contribution is -2.19. The Kier molecular flexibility index (Phi) is 4.45. The zero-order chi connectivity index (χ0) is 16.5. The Balaban J connectivity index is 1.54. The second kappa shape index (κ2) is 6.72. The molecule has 120 valence electrons. The van der Waals surface area contributed by atoms with E-state index in [-0.39, 0.29) is 0 Å². The SMILES string of the molecule is Brc1cccc(-c2nc3c([nH]2)C=CN(Cc2ccc(I)cc2)C3)c1. The van der Waals surface area contributed by atoms with E-state index in [0.717, 1.165) is 40.3 Å². The molecule has 4 rings (SSSR count). The number of H-pyrrole nitrogens is 1. The van der Waals surface area contributed by atoms with E-state index < -0.39 is 0 Å². The summed E-state index contributed by atoms with van der Waals surface area (Å²) in [6.45, 7) is 1.72. The minimum Gasteiger partial charge on any atom is -0.367 e. The molecule has 0 saturated heterocycles. The summed E-state index contributed by atoms with van der Waals surface area (Å²) in [5.74, 6) is 0.919. The zero-order valence-corrected chi connectivity index (χ0v) is 16.6. The van der Waals surface area contributed by atoms with Gasteiger partial charge in [-0.05, 0) is 58.5 Å². The Morgan fingerprint density at radius 1 is 1.17 bits per heavy atom. The normalized spacial score (nSPS) is 13.2. The van der Waals surface area contributed by atoms with Crippen molar-refractivity contribution >= 4 is 44.6 Å². The lowest BCUT2D eigenvalue weighted by Gasteiger charge is -2.22. The Labute approximate surface area is 163 Å². The molecule has 0 radical (unpaired) electrons. The first-order valence-electron chi connectivity index (χ1n) is 7.69. The Morgan fingerprint density at radius 2 is 2.00 bits per heavy atom. The van der Waals surface area contributed by atoms with Crippen molar-refractivity contribution < 1.29 is 0 Å². The number of hydrogen-bond donors (Lipinski definition) is 1. The van der Waals surface area contributed by atoms with E-state index in [4.69, 9.17) is 4.98 Å². The molecule has 0 atom stereocenters. The number of halogens is 2. The molecule has 1 N–H and O–H groups in total. The highest BCUT2D eigenvalue weighted by Crippen LogP contribution is 2.26. The molecule has 0 fully saturated rings. The number of aromatic amines is 1. The van der Waals surface area contributed by atoms with Gasteiger partial charge in [0, 0.05) is 26.4 Å². The highest BCUT2D eigenvalue weighted by Gasteiger charge is 2.16. The number of benzene rings is 2. The van der Waals surface area contributed by atoms with Crippen molar-refractivity contribution in [2.24, 2.45) is 0 Å². The molecule has 1 aromatic heterocycles. The number of hydrogen-bond acceptors (Lipinski definition) is 2. The molecule has 24 heavy (non-hydrogen) atoms. The lowest BCUT2D eigenvalue weighted by atomic mass is 10.2. The summed E-state index contributed by atoms with van der Waals surface area (Å²) >= 11 is 5.85. The number of rotatable bonds is 3. The average molecular weight is 492 g/mol. The molecule has 3 aromatic rings. The van der Waals surface area contributed by atoms with Crippen molar-refractivity contribution in [1.29, 1.82) is 0 Å². The third-order valence-corrected chi connectivity index (χ3v) is 5.23. The minimum absolute atomic E-state index is 0.822. The summed E-state index contributed by atoms with van der Waals surface area (Å²) in [5.41, 5.74) is 4.60. The van der Waals surface area contributed by atoms with Crippen molar-refractivity contribution in [3.05, 3.63) is 79.7 Å². The Bertz CT molecular complexity index is 899. The molecule has 0 amide bonds. The van der Waals surface area contributed by atoms with E-state index in [0.29, 0.717) is 0 Å². The van der Waals surface area contributed by atoms with Crippen molar-refractivity contribution in [1.82, 2.24) is 14.9 Å². The minimum atomic E-state index is 0.822. The fourth-order valence-corrected chi connectivity index (χ4v) is 3.57. The van der Waals surface area contributed by atoms with Gasteiger partial charge in [0.15, 0.2) is 0 Å². The van der Waals surface area contributed by atoms with Crippen LogP contribution in [0.2, 0.25) is 0 Å². The fraction of sp³-hybridized carbons (Fsp3) is 0.105. The Hall–Kier alpha value is -1.60. The van der Waals surface area contributed by atoms with Crippen molar-refractivity contribution in [3.8, 4) is 11.4 Å². The number of nitrogens with one attached hydrogen (secondary N) is 1. The van der Waals surface area contributed by atoms with Crippen LogP contribution in [0.1, 0.15) is 17.0 Å². The molecular weight excluding hydrogens is 477 g/mol. The number of fused-ring (bicyclic) bond motifs is 1. The van der Waals surface area contributed by atoms with E-state index in [2.05, 4.69) is 97.1 Å². The molecule has 2 heterocycles. The molecule has 0 unspecified atom stereocenters. The van der Waals surface area contributed by atoms with Gasteiger partial charge in [0.05, 0.1) is 17.9 Å². The molecule has 5 heteroatoms. The summed E-state index contributed by atoms with van der Waals surface area (Å²) in [5, 5.41) is 0. The van der Waals surface area contributed by atoms with Crippen LogP contribution >= 0.6 is 38.5 Å². The highest BCUT2D eigenvalue weighted by atomic mass is 127. The van der Waals surface area contributed by atoms with Crippen LogP contribution in [0.3, 0.4) is 0 Å². The maximum Gasteiger partial charge on any atom is 0.138 e. The molecular formula is C19H15BrIN3. The third-order valence-electron chi connectivity index (χ3n) is 4.01. The van der Waals surface area contributed by atoms with Gasteiger partial charge >= 0.3 is 0 Å². The summed E-state index contributed by atoms with van der Waals surface area (Å²) in [6.07, 6.45) is 4.25. The van der Waals surface area contributed by atoms with Crippen LogP contribution in [0.5, 0.6) is 0 Å². The first kappa shape index (κ1) is 15.9. The molecule has 0 saturated carbocycles. The van der Waals surface area contributed by atoms with Gasteiger partial charge in [0.2, 0.25) is 0 Å². The third kappa shape index (κ3) is 3.42. The lowest BCUT2D eigenvalue weighted by molar-refractivity contribution is 0.355. The maximum absolute atomic E-state index is 4.80. The second-order valence-electron chi connectivity index (χ2n) is 5.80. The van der Waals surface area contributed by atoms with Gasteiger partial charge in [-0.25, -0.2) is 4.98 Å². The molecule has 3 nitrogen and oxygen atoms in total. The first-order chi connectivity index (χ1) is 11.7. The molecule has 0 bridgehead atoms. The zero-order valence-electron chi connectivity index (χ0n) is 12.8. The molecule has 2 aromatic carbocycles. The summed E-state index contributed by atoms with van der Waals surface area (Å²) in [6, 6.07) is 16.9. The number of imidazole rings is 1. The summed E-state index contributed by atoms with van der Waals surface area (Å²) in [4.78, 5) is 10.5. The average Bonchev–Trinajstić information content (AvgIpc) is 3.00. The van der Waals surface area contributed by atoms with Crippen molar-refractivity contribution in [2.75, 3.05) is 0 Å². The van der Waals surface area contributed by atoms with E-state index in [1.54, 1.807) is 0 Å². The van der Waals surface area contributed by atoms with Crippen molar-refractivity contribution in [3.63, 3.8) is 0 Å². The molecule has 1 aliphatic heterocycles. The number of nitrogens with zero attached hydrogens (tertiary/aromatic N) is 2. The van der Waals surface area contributed by atoms with Crippen LogP contribution < -0.4 is 0 Å². The number of aromatic nitrogens is 2. The van der Waals surface area contributed by atoms with Crippen LogP contribution in [0.4, 0.5) is 0 Å². The molecule has 0 aliphatic carbocycles. The van der Waals surface area contributed by atoms with Gasteiger partial charge in [-0.2, -0.15) is 0 Å². The van der Waals surface area contributed by atoms with Gasteiger partial charge in [-0.3, -0.25) is 0 Å². The summed E-state index contributed by atoms with van der Waals surface area (Å²) < 4.78 is 2.32. The van der Waals surface area contributed by atoms with Gasteiger partial charge in [-0.15, -0.1) is 0 Å². The van der Waals surface area contributed by atoms with E-state index in [1.807, 2.05) is 12.1 Å². The van der Waals surface area contributed by atoms with Crippen LogP contribution in [0.25, 0.3) is 17.5 Å². The molecule has 1 aliphatic rings. The summed E-state index contributed by atoms with van der Waals surface area (Å²) in [7, 11) is 0. The van der Waals surface area contributed by atoms with Crippen LogP contribution in [-0.2, 0) is 13.1 Å². The smallest absolute Gasteiger partial charge is 0.138 e. The molecule has 0 spiro atoms. The van der Waals surface area contributed by atoms with Crippen LogP contribution in [0.15, 0.2) is 59.2 Å². The topological polar surface area (TPSA) is 31.9 Å². The first-order valence-corrected chi connectivity index (χ1v) is 9.56. The standard InChI is InChI=1S/C19H15BrIN3/c20-15-3-1-2-14(10-15)19-22-17-8-9-24(12-18(17)23-19)11-13-4-6-16(21)7-5-13/h1-10H,11-12H2,(H,22,23). The predicted octanol–water partition coefficient (Wildman–Crippen LogP) is 5.43. The highest BCUT2D eigenvalue weighted by molar-refractivity contribution is 14.1. The fourth-order valence-electron chi connectivity index (χ4n) is 2.81. The largest absolute Gasteiger partial charge is 0.367 e. The van der Waals surface area contributed by atoms with Gasteiger partial charge in [0.1, 0.15) is 5.82 Å². The van der Waals surface area contributed by atoms with E-state index >= 15 is 0 Å². The monoisotopic (exact) mass is 491 g/mol. The van der Waals surface area contributed by atoms with Crippen LogP contribution in [-0.4, -0.2) is 14.9 Å². The van der Waals surface area contributed by atoms with E-state index in [9.17, 15) is 0 Å². The van der Waals surface area contributed by atoms with Gasteiger partial charge in [0.25, 0.3) is 0 Å². The Morgan fingerprint density at radius 3 is 2.79 bits per heavy atom. The van der Waals surface area contributed by atoms with Gasteiger partial charge in [-0.1, -0.05) is 40.2 Å². The van der Waals surface area contributed by atoms with Crippen molar-refractivity contribution in [2.45, 2.75) is 13.1 Å². The quantitative estimate of drug-likeness (QED) is 0.495. The van der Waals surface area contributed by atoms with Crippen LogP contribution in [0, 0.1) is 3.57 Å².